The number of amides is 1. The van der Waals surface area contributed by atoms with E-state index in [2.05, 4.69) is 0 Å². The second-order valence-corrected chi connectivity index (χ2v) is 8.45. The molecule has 30 heavy (non-hydrogen) atoms. The molecule has 2 aromatic rings. The van der Waals surface area contributed by atoms with E-state index in [9.17, 15) is 23.1 Å². The predicted molar refractivity (Wildman–Crippen MR) is 105 cm³/mol. The van der Waals surface area contributed by atoms with Crippen LogP contribution in [0.5, 0.6) is 11.5 Å². The quantitative estimate of drug-likeness (QED) is 0.639. The van der Waals surface area contributed by atoms with E-state index in [1.807, 2.05) is 0 Å². The minimum Gasteiger partial charge on any atom is -0.545 e. The van der Waals surface area contributed by atoms with Gasteiger partial charge in [-0.25, -0.2) is 8.42 Å². The third-order valence-electron chi connectivity index (χ3n) is 4.89. The molecule has 9 nitrogen and oxygen atoms in total. The van der Waals surface area contributed by atoms with Crippen LogP contribution in [0.15, 0.2) is 47.4 Å². The number of rotatable bonds is 6. The van der Waals surface area contributed by atoms with E-state index in [0.717, 1.165) is 0 Å². The number of ether oxygens (including phenoxy) is 2. The molecule has 160 valence electrons. The number of piperazine rings is 1. The van der Waals surface area contributed by atoms with Crippen LogP contribution in [-0.4, -0.2) is 69.9 Å². The Bertz CT molecular complexity index is 1060. The van der Waals surface area contributed by atoms with Crippen molar-refractivity contribution in [3.8, 4) is 11.5 Å². The zero-order chi connectivity index (χ0) is 21.9. The zero-order valence-electron chi connectivity index (χ0n) is 16.5. The van der Waals surface area contributed by atoms with E-state index >= 15 is 0 Å². The molecule has 1 saturated heterocycles. The molecule has 1 amide bonds. The van der Waals surface area contributed by atoms with Gasteiger partial charge < -0.3 is 24.3 Å². The maximum absolute atomic E-state index is 13.1. The standard InChI is InChI=1S/C20H22N2O7S/c1-28-14-7-8-17(29-2)18(13-14)30(26,27)22-11-9-21(10-12-22)19(23)15-5-3-4-6-16(15)20(24)25/h3-8,13H,9-12H2,1-2H3,(H,24,25)/p-1. The average Bonchev–Trinajstić information content (AvgIpc) is 2.78. The first-order chi connectivity index (χ1) is 14.3. The molecule has 0 atom stereocenters. The molecule has 0 N–H and O–H groups in total. The summed E-state index contributed by atoms with van der Waals surface area (Å²) in [4.78, 5) is 25.4. The number of aromatic carboxylic acids is 1. The molecule has 0 spiro atoms. The number of carbonyl (C=O) groups is 2. The Morgan fingerprint density at radius 2 is 1.57 bits per heavy atom. The van der Waals surface area contributed by atoms with Gasteiger partial charge in [0.25, 0.3) is 5.91 Å². The van der Waals surface area contributed by atoms with Gasteiger partial charge in [-0.05, 0) is 18.2 Å². The zero-order valence-corrected chi connectivity index (χ0v) is 17.3. The summed E-state index contributed by atoms with van der Waals surface area (Å²) >= 11 is 0. The van der Waals surface area contributed by atoms with Gasteiger partial charge in [0.05, 0.1) is 20.2 Å². The van der Waals surface area contributed by atoms with Gasteiger partial charge in [-0.2, -0.15) is 4.31 Å². The number of hydrogen-bond acceptors (Lipinski definition) is 7. The van der Waals surface area contributed by atoms with Crippen molar-refractivity contribution in [2.45, 2.75) is 4.90 Å². The Kier molecular flexibility index (Phi) is 6.28. The number of sulfonamides is 1. The highest BCUT2D eigenvalue weighted by molar-refractivity contribution is 7.89. The van der Waals surface area contributed by atoms with Crippen molar-refractivity contribution in [1.29, 1.82) is 0 Å². The molecule has 1 aliphatic heterocycles. The topological polar surface area (TPSA) is 116 Å². The van der Waals surface area contributed by atoms with E-state index in [1.54, 1.807) is 12.1 Å². The first-order valence-electron chi connectivity index (χ1n) is 9.11. The van der Waals surface area contributed by atoms with Crippen molar-refractivity contribution in [3.05, 3.63) is 53.6 Å². The summed E-state index contributed by atoms with van der Waals surface area (Å²) in [7, 11) is -1.07. The predicted octanol–water partition coefficient (Wildman–Crippen LogP) is 0.214. The van der Waals surface area contributed by atoms with Gasteiger partial charge >= 0.3 is 0 Å². The Morgan fingerprint density at radius 1 is 0.933 bits per heavy atom. The number of benzene rings is 2. The summed E-state index contributed by atoms with van der Waals surface area (Å²) in [5.74, 6) is -1.35. The van der Waals surface area contributed by atoms with Gasteiger partial charge in [-0.3, -0.25) is 4.79 Å². The highest BCUT2D eigenvalue weighted by Gasteiger charge is 2.33. The molecule has 3 rings (SSSR count). The second kappa shape index (κ2) is 8.72. The van der Waals surface area contributed by atoms with Crippen molar-refractivity contribution in [2.24, 2.45) is 0 Å². The lowest BCUT2D eigenvalue weighted by molar-refractivity contribution is -0.255. The number of nitrogens with zero attached hydrogens (tertiary/aromatic N) is 2. The molecule has 1 fully saturated rings. The highest BCUT2D eigenvalue weighted by Crippen LogP contribution is 2.31. The second-order valence-electron chi connectivity index (χ2n) is 6.55. The van der Waals surface area contributed by atoms with Crippen LogP contribution >= 0.6 is 0 Å². The summed E-state index contributed by atoms with van der Waals surface area (Å²) in [6.45, 7) is 0.349. The largest absolute Gasteiger partial charge is 0.545 e. The molecule has 0 saturated carbocycles. The average molecular weight is 433 g/mol. The summed E-state index contributed by atoms with van der Waals surface area (Å²) in [5.41, 5.74) is -0.179. The van der Waals surface area contributed by atoms with E-state index in [1.165, 1.54) is 53.8 Å². The molecular formula is C20H21N2O7S-. The van der Waals surface area contributed by atoms with Crippen LogP contribution in [0, 0.1) is 0 Å². The lowest BCUT2D eigenvalue weighted by Crippen LogP contribution is -2.50. The van der Waals surface area contributed by atoms with Gasteiger partial charge in [-0.15, -0.1) is 0 Å². The maximum atomic E-state index is 13.1. The lowest BCUT2D eigenvalue weighted by Gasteiger charge is -2.34. The van der Waals surface area contributed by atoms with E-state index in [-0.39, 0.29) is 48.0 Å². The number of carboxylic acid groups (broad SMARTS) is 1. The number of methoxy groups -OCH3 is 2. The maximum Gasteiger partial charge on any atom is 0.254 e. The Morgan fingerprint density at radius 3 is 2.13 bits per heavy atom. The molecule has 1 aliphatic rings. The van der Waals surface area contributed by atoms with Gasteiger partial charge in [0, 0.05) is 43.4 Å². The van der Waals surface area contributed by atoms with Crippen LogP contribution in [0.1, 0.15) is 20.7 Å². The van der Waals surface area contributed by atoms with Crippen molar-refractivity contribution < 1.29 is 32.6 Å². The van der Waals surface area contributed by atoms with Crippen LogP contribution in [0.2, 0.25) is 0 Å². The number of carboxylic acids is 1. The Balaban J connectivity index is 1.79. The summed E-state index contributed by atoms with van der Waals surface area (Å²) in [6, 6.07) is 10.3. The van der Waals surface area contributed by atoms with Crippen LogP contribution in [0.4, 0.5) is 0 Å². The van der Waals surface area contributed by atoms with Crippen molar-refractivity contribution in [2.75, 3.05) is 40.4 Å². The molecule has 0 radical (unpaired) electrons. The monoisotopic (exact) mass is 433 g/mol. The molecule has 0 bridgehead atoms. The van der Waals surface area contributed by atoms with Crippen LogP contribution in [-0.2, 0) is 10.0 Å². The van der Waals surface area contributed by atoms with E-state index < -0.39 is 21.9 Å². The lowest BCUT2D eigenvalue weighted by atomic mass is 10.1. The fourth-order valence-corrected chi connectivity index (χ4v) is 4.87. The fraction of sp³-hybridized carbons (Fsp3) is 0.300. The summed E-state index contributed by atoms with van der Waals surface area (Å²) < 4.78 is 37.8. The van der Waals surface area contributed by atoms with Gasteiger partial charge in [-0.1, -0.05) is 18.2 Å². The van der Waals surface area contributed by atoms with Crippen molar-refractivity contribution in [3.63, 3.8) is 0 Å². The van der Waals surface area contributed by atoms with Gasteiger partial charge in [0.2, 0.25) is 10.0 Å². The van der Waals surface area contributed by atoms with Crippen LogP contribution in [0.3, 0.4) is 0 Å². The first kappa shape index (κ1) is 21.6. The summed E-state index contributed by atoms with van der Waals surface area (Å²) in [5, 5.41) is 11.3. The Labute approximate surface area is 174 Å². The third kappa shape index (κ3) is 4.10. The fourth-order valence-electron chi connectivity index (χ4n) is 3.27. The molecule has 2 aromatic carbocycles. The van der Waals surface area contributed by atoms with Gasteiger partial charge in [0.15, 0.2) is 0 Å². The van der Waals surface area contributed by atoms with Crippen LogP contribution < -0.4 is 14.6 Å². The molecule has 0 aliphatic carbocycles. The molecule has 0 unspecified atom stereocenters. The normalized spacial score (nSPS) is 14.9. The molecule has 1 heterocycles. The van der Waals surface area contributed by atoms with E-state index in [4.69, 9.17) is 9.47 Å². The number of hydrogen-bond donors (Lipinski definition) is 0. The van der Waals surface area contributed by atoms with Crippen molar-refractivity contribution in [1.82, 2.24) is 9.21 Å². The van der Waals surface area contributed by atoms with Gasteiger partial charge in [0.1, 0.15) is 16.4 Å². The third-order valence-corrected chi connectivity index (χ3v) is 6.81. The number of carbonyl (C=O) groups excluding carboxylic acids is 2. The Hall–Kier alpha value is -3.11. The minimum absolute atomic E-state index is 0.0169. The molecule has 10 heteroatoms. The smallest absolute Gasteiger partial charge is 0.254 e. The summed E-state index contributed by atoms with van der Waals surface area (Å²) in [6.07, 6.45) is 0. The van der Waals surface area contributed by atoms with Crippen molar-refractivity contribution >= 4 is 21.9 Å². The SMILES string of the molecule is COc1ccc(OC)c(S(=O)(=O)N2CCN(C(=O)c3ccccc3C(=O)[O-])CC2)c1. The van der Waals surface area contributed by atoms with Crippen LogP contribution in [0.25, 0.3) is 0 Å². The first-order valence-corrected chi connectivity index (χ1v) is 10.6. The molecular weight excluding hydrogens is 412 g/mol. The molecule has 0 aromatic heterocycles. The minimum atomic E-state index is -3.89. The van der Waals surface area contributed by atoms with E-state index in [0.29, 0.717) is 5.75 Å². The highest BCUT2D eigenvalue weighted by atomic mass is 32.2.